The number of fused-ring (bicyclic) bond motifs is 1. The predicted molar refractivity (Wildman–Crippen MR) is 105 cm³/mol. The summed E-state index contributed by atoms with van der Waals surface area (Å²) in [6.45, 7) is -0.568. The molecule has 8 heteroatoms. The lowest BCUT2D eigenvalue weighted by atomic mass is 10.2. The van der Waals surface area contributed by atoms with E-state index in [1.54, 1.807) is 25.1 Å². The summed E-state index contributed by atoms with van der Waals surface area (Å²) in [6.07, 6.45) is 2.94. The van der Waals surface area contributed by atoms with Crippen LogP contribution in [-0.4, -0.2) is 24.1 Å². The van der Waals surface area contributed by atoms with Crippen LogP contribution in [0.15, 0.2) is 48.5 Å². The number of hydrogen-bond acceptors (Lipinski definition) is 5. The van der Waals surface area contributed by atoms with E-state index < -0.39 is 6.61 Å². The Labute approximate surface area is 164 Å². The summed E-state index contributed by atoms with van der Waals surface area (Å²) >= 11 is 1.53. The maximum absolute atomic E-state index is 12.4. The van der Waals surface area contributed by atoms with Crippen LogP contribution in [0.4, 0.5) is 8.78 Å². The second-order valence-corrected chi connectivity index (χ2v) is 6.76. The number of amides is 1. The summed E-state index contributed by atoms with van der Waals surface area (Å²) in [5.74, 6) is -0.140. The van der Waals surface area contributed by atoms with E-state index in [9.17, 15) is 13.6 Å². The Morgan fingerprint density at radius 3 is 2.82 bits per heavy atom. The topological polar surface area (TPSA) is 60.5 Å². The minimum atomic E-state index is -2.94. The van der Waals surface area contributed by atoms with E-state index in [0.717, 1.165) is 15.2 Å². The fourth-order valence-corrected chi connectivity index (χ4v) is 3.39. The Hall–Kier alpha value is -3.00. The Morgan fingerprint density at radius 2 is 2.07 bits per heavy atom. The van der Waals surface area contributed by atoms with Gasteiger partial charge in [-0.1, -0.05) is 18.2 Å². The molecule has 1 aromatic heterocycles. The number of nitrogens with one attached hydrogen (secondary N) is 1. The van der Waals surface area contributed by atoms with Gasteiger partial charge in [-0.15, -0.1) is 11.3 Å². The maximum Gasteiger partial charge on any atom is 0.387 e. The Bertz CT molecular complexity index is 955. The van der Waals surface area contributed by atoms with E-state index in [2.05, 4.69) is 15.0 Å². The van der Waals surface area contributed by atoms with Crippen LogP contribution in [0.3, 0.4) is 0 Å². The van der Waals surface area contributed by atoms with E-state index in [-0.39, 0.29) is 17.4 Å². The van der Waals surface area contributed by atoms with Crippen LogP contribution >= 0.6 is 11.3 Å². The minimum Gasteiger partial charge on any atom is -0.490 e. The number of para-hydroxylation sites is 1. The van der Waals surface area contributed by atoms with Gasteiger partial charge in [-0.2, -0.15) is 8.78 Å². The first-order chi connectivity index (χ1) is 13.5. The molecule has 0 atom stereocenters. The van der Waals surface area contributed by atoms with E-state index in [1.807, 2.05) is 24.3 Å². The number of carbonyl (C=O) groups excluding carboxylic acids is 1. The second kappa shape index (κ2) is 9.27. The highest BCUT2D eigenvalue weighted by Gasteiger charge is 2.11. The normalized spacial score (nSPS) is 11.3. The summed E-state index contributed by atoms with van der Waals surface area (Å²) < 4.78 is 35.7. The average Bonchev–Trinajstić information content (AvgIpc) is 3.09. The van der Waals surface area contributed by atoms with E-state index in [1.165, 1.54) is 23.5 Å². The van der Waals surface area contributed by atoms with Crippen molar-refractivity contribution in [3.8, 4) is 11.5 Å². The lowest BCUT2D eigenvalue weighted by Crippen LogP contribution is -2.20. The third-order valence-electron chi connectivity index (χ3n) is 3.66. The highest BCUT2D eigenvalue weighted by atomic mass is 32.1. The van der Waals surface area contributed by atoms with E-state index >= 15 is 0 Å². The molecule has 0 aliphatic carbocycles. The third kappa shape index (κ3) is 5.26. The molecule has 3 aromatic rings. The van der Waals surface area contributed by atoms with Crippen LogP contribution in [0.2, 0.25) is 0 Å². The van der Waals surface area contributed by atoms with Gasteiger partial charge in [0, 0.05) is 6.08 Å². The first kappa shape index (κ1) is 19.8. The quantitative estimate of drug-likeness (QED) is 0.557. The fourth-order valence-electron chi connectivity index (χ4n) is 2.48. The van der Waals surface area contributed by atoms with Gasteiger partial charge in [0.05, 0.1) is 23.4 Å². The van der Waals surface area contributed by atoms with Crippen molar-refractivity contribution in [2.45, 2.75) is 20.1 Å². The molecule has 146 valence electrons. The van der Waals surface area contributed by atoms with Gasteiger partial charge >= 0.3 is 6.61 Å². The van der Waals surface area contributed by atoms with Crippen molar-refractivity contribution in [3.63, 3.8) is 0 Å². The molecule has 5 nitrogen and oxygen atoms in total. The van der Waals surface area contributed by atoms with Crippen molar-refractivity contribution in [1.29, 1.82) is 0 Å². The zero-order valence-corrected chi connectivity index (χ0v) is 15.8. The first-order valence-electron chi connectivity index (χ1n) is 8.57. The Morgan fingerprint density at radius 1 is 1.25 bits per heavy atom. The van der Waals surface area contributed by atoms with Crippen LogP contribution in [-0.2, 0) is 11.3 Å². The van der Waals surface area contributed by atoms with Crippen molar-refractivity contribution in [1.82, 2.24) is 10.3 Å². The van der Waals surface area contributed by atoms with Gasteiger partial charge in [-0.25, -0.2) is 4.98 Å². The number of aromatic nitrogens is 1. The summed E-state index contributed by atoms with van der Waals surface area (Å²) in [6, 6.07) is 12.3. The van der Waals surface area contributed by atoms with Crippen molar-refractivity contribution < 1.29 is 23.0 Å². The predicted octanol–water partition coefficient (Wildman–Crippen LogP) is 4.63. The lowest BCUT2D eigenvalue weighted by Gasteiger charge is -2.11. The number of nitrogens with zero attached hydrogens (tertiary/aromatic N) is 1. The van der Waals surface area contributed by atoms with Gasteiger partial charge < -0.3 is 14.8 Å². The standard InChI is InChI=1S/C20H18F2N2O3S/c1-2-26-16-11-13(7-9-15(16)27-20(21)22)8-10-18(25)23-12-19-24-14-5-3-4-6-17(14)28-19/h3-11,20H,2,12H2,1H3,(H,23,25)/b10-8+. The van der Waals surface area contributed by atoms with Crippen molar-refractivity contribution in [2.75, 3.05) is 6.61 Å². The molecule has 0 fully saturated rings. The minimum absolute atomic E-state index is 0.0470. The molecule has 0 spiro atoms. The molecular formula is C20H18F2N2O3S. The van der Waals surface area contributed by atoms with Gasteiger partial charge in [0.1, 0.15) is 5.01 Å². The second-order valence-electron chi connectivity index (χ2n) is 5.64. The fraction of sp³-hybridized carbons (Fsp3) is 0.200. The molecule has 2 aromatic carbocycles. The van der Waals surface area contributed by atoms with E-state index in [4.69, 9.17) is 4.74 Å². The largest absolute Gasteiger partial charge is 0.490 e. The number of benzene rings is 2. The number of ether oxygens (including phenoxy) is 2. The molecule has 1 amide bonds. The first-order valence-corrected chi connectivity index (χ1v) is 9.39. The van der Waals surface area contributed by atoms with Crippen LogP contribution in [0, 0.1) is 0 Å². The molecule has 0 bridgehead atoms. The van der Waals surface area contributed by atoms with Crippen LogP contribution in [0.1, 0.15) is 17.5 Å². The summed E-state index contributed by atoms with van der Waals surface area (Å²) in [5, 5.41) is 3.59. The van der Waals surface area contributed by atoms with Crippen LogP contribution in [0.25, 0.3) is 16.3 Å². The smallest absolute Gasteiger partial charge is 0.387 e. The highest BCUT2D eigenvalue weighted by molar-refractivity contribution is 7.18. The van der Waals surface area contributed by atoms with Crippen LogP contribution in [0.5, 0.6) is 11.5 Å². The van der Waals surface area contributed by atoms with Gasteiger partial charge in [-0.05, 0) is 42.8 Å². The van der Waals surface area contributed by atoms with E-state index in [0.29, 0.717) is 18.7 Å². The number of alkyl halides is 2. The summed E-state index contributed by atoms with van der Waals surface area (Å²) in [4.78, 5) is 16.5. The van der Waals surface area contributed by atoms with Gasteiger partial charge in [0.2, 0.25) is 5.91 Å². The lowest BCUT2D eigenvalue weighted by molar-refractivity contribution is -0.116. The number of thiazole rings is 1. The molecule has 0 aliphatic rings. The van der Waals surface area contributed by atoms with Gasteiger partial charge in [-0.3, -0.25) is 4.79 Å². The van der Waals surface area contributed by atoms with Crippen molar-refractivity contribution in [3.05, 3.63) is 59.1 Å². The number of halogens is 2. The molecule has 0 saturated heterocycles. The number of rotatable bonds is 8. The number of carbonyl (C=O) groups is 1. The van der Waals surface area contributed by atoms with Crippen LogP contribution < -0.4 is 14.8 Å². The third-order valence-corrected chi connectivity index (χ3v) is 4.70. The zero-order valence-electron chi connectivity index (χ0n) is 15.0. The molecule has 0 saturated carbocycles. The zero-order chi connectivity index (χ0) is 19.9. The molecular weight excluding hydrogens is 386 g/mol. The molecule has 0 radical (unpaired) electrons. The van der Waals surface area contributed by atoms with Gasteiger partial charge in [0.15, 0.2) is 11.5 Å². The molecule has 0 unspecified atom stereocenters. The molecule has 3 rings (SSSR count). The summed E-state index contributed by atoms with van der Waals surface area (Å²) in [5.41, 5.74) is 1.53. The van der Waals surface area contributed by atoms with Crippen molar-refractivity contribution >= 4 is 33.5 Å². The summed E-state index contributed by atoms with van der Waals surface area (Å²) in [7, 11) is 0. The molecule has 1 N–H and O–H groups in total. The monoisotopic (exact) mass is 404 g/mol. The maximum atomic E-state index is 12.4. The molecule has 1 heterocycles. The van der Waals surface area contributed by atoms with Crippen molar-refractivity contribution in [2.24, 2.45) is 0 Å². The molecule has 0 aliphatic heterocycles. The average molecular weight is 404 g/mol. The number of hydrogen-bond donors (Lipinski definition) is 1. The van der Waals surface area contributed by atoms with Gasteiger partial charge in [0.25, 0.3) is 0 Å². The SMILES string of the molecule is CCOc1cc(/C=C/C(=O)NCc2nc3ccccc3s2)ccc1OC(F)F. The molecule has 28 heavy (non-hydrogen) atoms. The Balaban J connectivity index is 1.61. The highest BCUT2D eigenvalue weighted by Crippen LogP contribution is 2.30. The Kier molecular flexibility index (Phi) is 6.54.